The molecule has 7 nitrogen and oxygen atoms in total. The fourth-order valence-electron chi connectivity index (χ4n) is 3.82. The molecule has 1 aliphatic rings. The standard InChI is InChI=1S/C21H26N6O/c28-21(20-17-26(24-23-20)15-10-18-7-2-1-3-8-18)27-14-5-4-9-19(27)11-16-25-13-6-12-22-25/h1-3,6-8,12-13,17,19H,4-5,9-11,14-16H2. The summed E-state index contributed by atoms with van der Waals surface area (Å²) in [5.74, 6) is -0.00359. The number of rotatable bonds is 7. The second kappa shape index (κ2) is 8.82. The largest absolute Gasteiger partial charge is 0.334 e. The third-order valence-electron chi connectivity index (χ3n) is 5.37. The van der Waals surface area contributed by atoms with E-state index in [1.54, 1.807) is 17.1 Å². The molecule has 3 heterocycles. The maximum absolute atomic E-state index is 13.0. The Balaban J connectivity index is 1.37. The van der Waals surface area contributed by atoms with Crippen molar-refractivity contribution in [2.75, 3.05) is 6.54 Å². The van der Waals surface area contributed by atoms with Crippen molar-refractivity contribution >= 4 is 5.91 Å². The number of hydrogen-bond acceptors (Lipinski definition) is 4. The molecular formula is C21H26N6O. The lowest BCUT2D eigenvalue weighted by Gasteiger charge is -2.35. The number of aryl methyl sites for hydroxylation is 3. The Labute approximate surface area is 165 Å². The molecule has 146 valence electrons. The van der Waals surface area contributed by atoms with E-state index in [-0.39, 0.29) is 11.9 Å². The van der Waals surface area contributed by atoms with Crippen LogP contribution in [-0.2, 0) is 19.5 Å². The van der Waals surface area contributed by atoms with Gasteiger partial charge in [-0.2, -0.15) is 5.10 Å². The lowest BCUT2D eigenvalue weighted by molar-refractivity contribution is 0.0587. The molecule has 1 saturated heterocycles. The highest BCUT2D eigenvalue weighted by Gasteiger charge is 2.28. The Morgan fingerprint density at radius 2 is 1.96 bits per heavy atom. The van der Waals surface area contributed by atoms with E-state index in [4.69, 9.17) is 0 Å². The molecule has 3 aromatic rings. The van der Waals surface area contributed by atoms with Gasteiger partial charge in [0.2, 0.25) is 0 Å². The van der Waals surface area contributed by atoms with E-state index in [9.17, 15) is 4.79 Å². The molecule has 0 N–H and O–H groups in total. The zero-order valence-corrected chi connectivity index (χ0v) is 16.0. The number of nitrogens with zero attached hydrogens (tertiary/aromatic N) is 6. The fourth-order valence-corrected chi connectivity index (χ4v) is 3.82. The Bertz CT molecular complexity index is 873. The number of hydrogen-bond donors (Lipinski definition) is 0. The smallest absolute Gasteiger partial charge is 0.276 e. The molecule has 1 aliphatic heterocycles. The predicted octanol–water partition coefficient (Wildman–Crippen LogP) is 2.80. The molecule has 0 radical (unpaired) electrons. The van der Waals surface area contributed by atoms with Crippen LogP contribution >= 0.6 is 0 Å². The van der Waals surface area contributed by atoms with Gasteiger partial charge in [-0.3, -0.25) is 14.2 Å². The average Bonchev–Trinajstić information content (AvgIpc) is 3.43. The van der Waals surface area contributed by atoms with Crippen LogP contribution in [0.2, 0.25) is 0 Å². The van der Waals surface area contributed by atoms with Crippen molar-refractivity contribution in [3.63, 3.8) is 0 Å². The minimum absolute atomic E-state index is 0.00359. The highest BCUT2D eigenvalue weighted by atomic mass is 16.2. The number of benzene rings is 1. The van der Waals surface area contributed by atoms with Crippen molar-refractivity contribution in [2.24, 2.45) is 0 Å². The van der Waals surface area contributed by atoms with Crippen LogP contribution in [0.1, 0.15) is 41.7 Å². The van der Waals surface area contributed by atoms with E-state index in [2.05, 4.69) is 27.5 Å². The fraction of sp³-hybridized carbons (Fsp3) is 0.429. The van der Waals surface area contributed by atoms with Gasteiger partial charge < -0.3 is 4.90 Å². The molecule has 1 atom stereocenters. The summed E-state index contributed by atoms with van der Waals surface area (Å²) in [4.78, 5) is 15.0. The van der Waals surface area contributed by atoms with Crippen molar-refractivity contribution in [1.29, 1.82) is 0 Å². The molecule has 0 aliphatic carbocycles. The second-order valence-corrected chi connectivity index (χ2v) is 7.31. The van der Waals surface area contributed by atoms with Crippen LogP contribution < -0.4 is 0 Å². The summed E-state index contributed by atoms with van der Waals surface area (Å²) >= 11 is 0. The lowest BCUT2D eigenvalue weighted by Crippen LogP contribution is -2.44. The van der Waals surface area contributed by atoms with Crippen molar-refractivity contribution < 1.29 is 4.79 Å². The topological polar surface area (TPSA) is 68.8 Å². The van der Waals surface area contributed by atoms with Gasteiger partial charge in [0.25, 0.3) is 5.91 Å². The average molecular weight is 378 g/mol. The normalized spacial score (nSPS) is 17.0. The predicted molar refractivity (Wildman–Crippen MR) is 106 cm³/mol. The number of carbonyl (C=O) groups excluding carboxylic acids is 1. The summed E-state index contributed by atoms with van der Waals surface area (Å²) < 4.78 is 3.69. The number of carbonyl (C=O) groups is 1. The summed E-state index contributed by atoms with van der Waals surface area (Å²) in [7, 11) is 0. The first kappa shape index (κ1) is 18.4. The van der Waals surface area contributed by atoms with Gasteiger partial charge >= 0.3 is 0 Å². The van der Waals surface area contributed by atoms with Gasteiger partial charge in [0, 0.05) is 38.1 Å². The third kappa shape index (κ3) is 4.47. The van der Waals surface area contributed by atoms with Crippen molar-refractivity contribution in [2.45, 2.75) is 51.2 Å². The van der Waals surface area contributed by atoms with E-state index in [1.807, 2.05) is 40.0 Å². The Morgan fingerprint density at radius 1 is 1.07 bits per heavy atom. The molecular weight excluding hydrogens is 352 g/mol. The molecule has 7 heteroatoms. The minimum atomic E-state index is -0.00359. The summed E-state index contributed by atoms with van der Waals surface area (Å²) in [5, 5.41) is 12.6. The summed E-state index contributed by atoms with van der Waals surface area (Å²) in [6.07, 6.45) is 10.6. The molecule has 0 bridgehead atoms. The molecule has 0 spiro atoms. The number of amides is 1. The van der Waals surface area contributed by atoms with E-state index in [0.717, 1.165) is 45.2 Å². The SMILES string of the molecule is O=C(c1cn(CCc2ccccc2)nn1)N1CCCCC1CCn1cccn1. The van der Waals surface area contributed by atoms with Crippen LogP contribution in [0, 0.1) is 0 Å². The number of aromatic nitrogens is 5. The minimum Gasteiger partial charge on any atom is -0.334 e. The third-order valence-corrected chi connectivity index (χ3v) is 5.37. The zero-order valence-electron chi connectivity index (χ0n) is 16.0. The van der Waals surface area contributed by atoms with Crippen LogP contribution in [0.4, 0.5) is 0 Å². The van der Waals surface area contributed by atoms with E-state index in [0.29, 0.717) is 12.2 Å². The van der Waals surface area contributed by atoms with Gasteiger partial charge in [0.1, 0.15) is 0 Å². The lowest BCUT2D eigenvalue weighted by atomic mass is 9.99. The van der Waals surface area contributed by atoms with Crippen molar-refractivity contribution in [1.82, 2.24) is 29.7 Å². The van der Waals surface area contributed by atoms with Crippen LogP contribution in [0.25, 0.3) is 0 Å². The van der Waals surface area contributed by atoms with Crippen LogP contribution in [-0.4, -0.2) is 48.2 Å². The highest BCUT2D eigenvalue weighted by Crippen LogP contribution is 2.22. The van der Waals surface area contributed by atoms with Crippen LogP contribution in [0.5, 0.6) is 0 Å². The first-order valence-corrected chi connectivity index (χ1v) is 10.0. The summed E-state index contributed by atoms with van der Waals surface area (Å²) in [6.45, 7) is 2.33. The van der Waals surface area contributed by atoms with Gasteiger partial charge in [0.05, 0.1) is 6.20 Å². The van der Waals surface area contributed by atoms with Gasteiger partial charge in [-0.05, 0) is 43.7 Å². The van der Waals surface area contributed by atoms with Crippen molar-refractivity contribution in [3.05, 3.63) is 66.2 Å². The Kier molecular flexibility index (Phi) is 5.80. The molecule has 1 aromatic carbocycles. The van der Waals surface area contributed by atoms with E-state index in [1.165, 1.54) is 5.56 Å². The number of likely N-dealkylation sites (tertiary alicyclic amines) is 1. The molecule has 0 saturated carbocycles. The zero-order chi connectivity index (χ0) is 19.2. The number of piperidine rings is 1. The maximum atomic E-state index is 13.0. The first-order chi connectivity index (χ1) is 13.8. The molecule has 1 fully saturated rings. The Morgan fingerprint density at radius 3 is 2.79 bits per heavy atom. The Hall–Kier alpha value is -2.96. The van der Waals surface area contributed by atoms with Crippen LogP contribution in [0.15, 0.2) is 55.0 Å². The van der Waals surface area contributed by atoms with Gasteiger partial charge in [0.15, 0.2) is 5.69 Å². The monoisotopic (exact) mass is 378 g/mol. The van der Waals surface area contributed by atoms with Crippen LogP contribution in [0.3, 0.4) is 0 Å². The molecule has 28 heavy (non-hydrogen) atoms. The summed E-state index contributed by atoms with van der Waals surface area (Å²) in [6, 6.07) is 12.4. The van der Waals surface area contributed by atoms with Crippen molar-refractivity contribution in [3.8, 4) is 0 Å². The molecule has 1 amide bonds. The van der Waals surface area contributed by atoms with E-state index >= 15 is 0 Å². The first-order valence-electron chi connectivity index (χ1n) is 10.0. The summed E-state index contributed by atoms with van der Waals surface area (Å²) in [5.41, 5.74) is 1.69. The molecule has 2 aromatic heterocycles. The second-order valence-electron chi connectivity index (χ2n) is 7.31. The van der Waals surface area contributed by atoms with Gasteiger partial charge in [-0.15, -0.1) is 5.10 Å². The highest BCUT2D eigenvalue weighted by molar-refractivity contribution is 5.92. The molecule has 4 rings (SSSR count). The molecule has 1 unspecified atom stereocenters. The van der Waals surface area contributed by atoms with Gasteiger partial charge in [-0.25, -0.2) is 0 Å². The maximum Gasteiger partial charge on any atom is 0.276 e. The van der Waals surface area contributed by atoms with E-state index < -0.39 is 0 Å². The quantitative estimate of drug-likeness (QED) is 0.634. The van der Waals surface area contributed by atoms with Gasteiger partial charge in [-0.1, -0.05) is 35.5 Å².